The lowest BCUT2D eigenvalue weighted by atomic mass is 9.77. The smallest absolute Gasteiger partial charge is 0.130 e. The van der Waals surface area contributed by atoms with E-state index in [-0.39, 0.29) is 0 Å². The Bertz CT molecular complexity index is 1720. The fourth-order valence-electron chi connectivity index (χ4n) is 5.87. The molecule has 0 N–H and O–H groups in total. The highest BCUT2D eigenvalue weighted by atomic mass is 16.5. The first kappa shape index (κ1) is 23.8. The van der Waals surface area contributed by atoms with E-state index in [1.165, 1.54) is 55.5 Å². The zero-order valence-electron chi connectivity index (χ0n) is 22.0. The van der Waals surface area contributed by atoms with E-state index in [1.54, 1.807) is 7.11 Å². The van der Waals surface area contributed by atoms with Gasteiger partial charge in [0.15, 0.2) is 0 Å². The van der Waals surface area contributed by atoms with Crippen LogP contribution in [0.4, 0.5) is 0 Å². The minimum Gasteiger partial charge on any atom is -0.496 e. The van der Waals surface area contributed by atoms with Gasteiger partial charge in [-0.1, -0.05) is 127 Å². The van der Waals surface area contributed by atoms with Gasteiger partial charge in [-0.3, -0.25) is 0 Å². The summed E-state index contributed by atoms with van der Waals surface area (Å²) >= 11 is 0. The molecule has 0 spiro atoms. The van der Waals surface area contributed by atoms with Gasteiger partial charge in [-0.25, -0.2) is 0 Å². The molecular weight excluding hydrogens is 460 g/mol. The van der Waals surface area contributed by atoms with Gasteiger partial charge in [0.25, 0.3) is 0 Å². The van der Waals surface area contributed by atoms with Crippen molar-refractivity contribution < 1.29 is 4.74 Å². The van der Waals surface area contributed by atoms with Crippen molar-refractivity contribution in [2.24, 2.45) is 0 Å². The maximum absolute atomic E-state index is 6.20. The monoisotopic (exact) mass is 490 g/mol. The summed E-state index contributed by atoms with van der Waals surface area (Å²) in [5.41, 5.74) is 12.0. The Balaban J connectivity index is 1.99. The number of hydrogen-bond donors (Lipinski definition) is 0. The van der Waals surface area contributed by atoms with Crippen molar-refractivity contribution in [2.45, 2.75) is 13.8 Å². The highest BCUT2D eigenvalue weighted by Gasteiger charge is 2.27. The summed E-state index contributed by atoms with van der Waals surface area (Å²) in [5, 5.41) is 2.39. The molecule has 1 nitrogen and oxygen atoms in total. The Morgan fingerprint density at radius 1 is 0.395 bits per heavy atom. The maximum atomic E-state index is 6.20. The third-order valence-electron chi connectivity index (χ3n) is 7.37. The van der Waals surface area contributed by atoms with Crippen LogP contribution in [0.3, 0.4) is 0 Å². The topological polar surface area (TPSA) is 9.23 Å². The second-order valence-electron chi connectivity index (χ2n) is 9.76. The van der Waals surface area contributed by atoms with Gasteiger partial charge in [-0.05, 0) is 69.3 Å². The van der Waals surface area contributed by atoms with E-state index in [9.17, 15) is 0 Å². The van der Waals surface area contributed by atoms with Crippen LogP contribution in [-0.4, -0.2) is 7.11 Å². The van der Waals surface area contributed by atoms with Gasteiger partial charge in [-0.2, -0.15) is 0 Å². The summed E-state index contributed by atoms with van der Waals surface area (Å²) in [5.74, 6) is 0.929. The van der Waals surface area contributed by atoms with Crippen molar-refractivity contribution in [3.63, 3.8) is 0 Å². The fraction of sp³-hybridized carbons (Fsp3) is 0.0811. The highest BCUT2D eigenvalue weighted by Crippen LogP contribution is 2.54. The molecule has 0 aromatic heterocycles. The molecule has 0 saturated heterocycles. The standard InChI is InChI=1S/C37H30O/c1-25-24-26(2)37(38-3)36-31(25)32(27-16-8-4-9-17-27)33(28-18-10-5-11-19-28)34(29-20-12-6-13-21-29)35(36)30-22-14-7-15-23-30/h4-24H,1-3H3. The lowest BCUT2D eigenvalue weighted by Gasteiger charge is -2.27. The van der Waals surface area contributed by atoms with Gasteiger partial charge in [0.1, 0.15) is 5.75 Å². The number of ether oxygens (including phenoxy) is 1. The summed E-state index contributed by atoms with van der Waals surface area (Å²) in [7, 11) is 1.79. The van der Waals surface area contributed by atoms with Gasteiger partial charge < -0.3 is 4.74 Å². The molecule has 6 rings (SSSR count). The van der Waals surface area contributed by atoms with Crippen molar-refractivity contribution in [1.29, 1.82) is 0 Å². The Morgan fingerprint density at radius 3 is 1.11 bits per heavy atom. The molecule has 0 aliphatic carbocycles. The number of fused-ring (bicyclic) bond motifs is 1. The van der Waals surface area contributed by atoms with Crippen molar-refractivity contribution >= 4 is 10.8 Å². The minimum absolute atomic E-state index is 0.929. The van der Waals surface area contributed by atoms with Crippen LogP contribution in [0.5, 0.6) is 5.75 Å². The van der Waals surface area contributed by atoms with Crippen molar-refractivity contribution in [3.8, 4) is 50.3 Å². The van der Waals surface area contributed by atoms with Gasteiger partial charge in [0.2, 0.25) is 0 Å². The number of aryl methyl sites for hydroxylation is 2. The molecule has 6 aromatic rings. The number of benzene rings is 6. The first-order valence-corrected chi connectivity index (χ1v) is 13.1. The first-order chi connectivity index (χ1) is 18.7. The molecule has 0 radical (unpaired) electrons. The average Bonchev–Trinajstić information content (AvgIpc) is 2.98. The van der Waals surface area contributed by atoms with E-state index in [4.69, 9.17) is 4.74 Å². The molecular formula is C37H30O. The van der Waals surface area contributed by atoms with Crippen molar-refractivity contribution in [3.05, 3.63) is 139 Å². The summed E-state index contributed by atoms with van der Waals surface area (Å²) in [6.07, 6.45) is 0. The van der Waals surface area contributed by atoms with Gasteiger partial charge >= 0.3 is 0 Å². The van der Waals surface area contributed by atoms with Crippen molar-refractivity contribution in [1.82, 2.24) is 0 Å². The van der Waals surface area contributed by atoms with Crippen LogP contribution in [0.25, 0.3) is 55.3 Å². The average molecular weight is 491 g/mol. The molecule has 0 aliphatic rings. The summed E-state index contributed by atoms with van der Waals surface area (Å²) in [6, 6.07) is 45.4. The molecule has 184 valence electrons. The molecule has 0 amide bonds. The SMILES string of the molecule is COc1c(C)cc(C)c2c(-c3ccccc3)c(-c3ccccc3)c(-c3ccccc3)c(-c3ccccc3)c12. The zero-order valence-corrected chi connectivity index (χ0v) is 22.0. The number of methoxy groups -OCH3 is 1. The molecule has 0 unspecified atom stereocenters. The van der Waals surface area contributed by atoms with Crippen LogP contribution in [0, 0.1) is 13.8 Å². The van der Waals surface area contributed by atoms with E-state index in [1.807, 2.05) is 0 Å². The fourth-order valence-corrected chi connectivity index (χ4v) is 5.87. The molecule has 0 heterocycles. The van der Waals surface area contributed by atoms with Crippen LogP contribution in [0.2, 0.25) is 0 Å². The second-order valence-corrected chi connectivity index (χ2v) is 9.76. The van der Waals surface area contributed by atoms with E-state index < -0.39 is 0 Å². The minimum atomic E-state index is 0.929. The summed E-state index contributed by atoms with van der Waals surface area (Å²) in [6.45, 7) is 4.38. The Hall–Kier alpha value is -4.62. The second kappa shape index (κ2) is 10.0. The van der Waals surface area contributed by atoms with Crippen LogP contribution in [-0.2, 0) is 0 Å². The van der Waals surface area contributed by atoms with Crippen LogP contribution in [0.1, 0.15) is 11.1 Å². The molecule has 38 heavy (non-hydrogen) atoms. The molecule has 0 aliphatic heterocycles. The lowest BCUT2D eigenvalue weighted by molar-refractivity contribution is 0.417. The third kappa shape index (κ3) is 3.97. The predicted octanol–water partition coefficient (Wildman–Crippen LogP) is 10.1. The van der Waals surface area contributed by atoms with E-state index in [0.29, 0.717) is 0 Å². The van der Waals surface area contributed by atoms with Gasteiger partial charge in [0.05, 0.1) is 7.11 Å². The largest absolute Gasteiger partial charge is 0.496 e. The van der Waals surface area contributed by atoms with E-state index in [0.717, 1.165) is 16.7 Å². The Kier molecular flexibility index (Phi) is 6.27. The number of rotatable bonds is 5. The summed E-state index contributed by atoms with van der Waals surface area (Å²) < 4.78 is 6.20. The Labute approximate surface area is 225 Å². The van der Waals surface area contributed by atoms with Crippen LogP contribution >= 0.6 is 0 Å². The quantitative estimate of drug-likeness (QED) is 0.234. The maximum Gasteiger partial charge on any atom is 0.130 e. The van der Waals surface area contributed by atoms with Crippen LogP contribution in [0.15, 0.2) is 127 Å². The number of hydrogen-bond acceptors (Lipinski definition) is 1. The molecule has 0 saturated carbocycles. The molecule has 0 atom stereocenters. The van der Waals surface area contributed by atoms with Gasteiger partial charge in [-0.15, -0.1) is 0 Å². The first-order valence-electron chi connectivity index (χ1n) is 13.1. The highest BCUT2D eigenvalue weighted by molar-refractivity contribution is 6.21. The molecule has 6 aromatic carbocycles. The third-order valence-corrected chi connectivity index (χ3v) is 7.37. The summed E-state index contributed by atoms with van der Waals surface area (Å²) in [4.78, 5) is 0. The normalized spacial score (nSPS) is 11.0. The molecule has 1 heteroatoms. The molecule has 0 fully saturated rings. The van der Waals surface area contributed by atoms with E-state index >= 15 is 0 Å². The predicted molar refractivity (Wildman–Crippen MR) is 162 cm³/mol. The molecule has 0 bridgehead atoms. The van der Waals surface area contributed by atoms with Crippen molar-refractivity contribution in [2.75, 3.05) is 7.11 Å². The van der Waals surface area contributed by atoms with E-state index in [2.05, 4.69) is 141 Å². The van der Waals surface area contributed by atoms with Gasteiger partial charge in [0, 0.05) is 10.9 Å². The zero-order chi connectivity index (χ0) is 26.1. The lowest BCUT2D eigenvalue weighted by Crippen LogP contribution is -2.01. The Morgan fingerprint density at radius 2 is 0.737 bits per heavy atom. The van der Waals surface area contributed by atoms with Crippen LogP contribution < -0.4 is 4.74 Å².